The fourth-order valence-corrected chi connectivity index (χ4v) is 2.40. The Labute approximate surface area is 122 Å². The normalized spacial score (nSPS) is 25.4. The molecule has 2 aromatic rings. The van der Waals surface area contributed by atoms with E-state index in [4.69, 9.17) is 14.9 Å². The van der Waals surface area contributed by atoms with Gasteiger partial charge in [0.1, 0.15) is 5.52 Å². The number of carbonyl (C=O) groups is 1. The first-order chi connectivity index (χ1) is 10.0. The first-order valence-electron chi connectivity index (χ1n) is 7.07. The molecule has 1 aromatic heterocycles. The average Bonchev–Trinajstić information content (AvgIpc) is 3.03. The number of anilines is 1. The van der Waals surface area contributed by atoms with Gasteiger partial charge in [-0.3, -0.25) is 4.79 Å². The van der Waals surface area contributed by atoms with E-state index in [1.54, 1.807) is 12.1 Å². The summed E-state index contributed by atoms with van der Waals surface area (Å²) in [4.78, 5) is 16.8. The highest BCUT2D eigenvalue weighted by Crippen LogP contribution is 2.29. The summed E-state index contributed by atoms with van der Waals surface area (Å²) >= 11 is 0. The summed E-state index contributed by atoms with van der Waals surface area (Å²) in [5.41, 5.74) is 7.41. The van der Waals surface area contributed by atoms with Crippen molar-refractivity contribution >= 4 is 22.7 Å². The minimum Gasteiger partial charge on any atom is -0.441 e. The van der Waals surface area contributed by atoms with Crippen molar-refractivity contribution in [2.45, 2.75) is 26.3 Å². The molecule has 1 aliphatic heterocycles. The minimum atomic E-state index is -0.701. The average molecular weight is 289 g/mol. The number of hydrogen-bond acceptors (Lipinski definition) is 5. The lowest BCUT2D eigenvalue weighted by atomic mass is 9.85. The fraction of sp³-hybridized carbons (Fsp3) is 0.467. The number of benzene rings is 1. The number of carbonyl (C=O) groups excluding carboxylic acids is 1. The zero-order valence-electron chi connectivity index (χ0n) is 12.2. The number of amides is 1. The van der Waals surface area contributed by atoms with Gasteiger partial charge in [-0.2, -0.15) is 0 Å². The number of fused-ring (bicyclic) bond motifs is 1. The van der Waals surface area contributed by atoms with Gasteiger partial charge in [-0.25, -0.2) is 4.98 Å². The number of aryl methyl sites for hydroxylation is 1. The van der Waals surface area contributed by atoms with E-state index in [0.717, 1.165) is 17.5 Å². The Morgan fingerprint density at radius 2 is 2.38 bits per heavy atom. The second-order valence-electron chi connectivity index (χ2n) is 5.64. The zero-order chi connectivity index (χ0) is 15.0. The molecule has 0 radical (unpaired) electrons. The summed E-state index contributed by atoms with van der Waals surface area (Å²) in [6, 6.07) is 5.13. The van der Waals surface area contributed by atoms with E-state index in [1.807, 2.05) is 19.9 Å². The van der Waals surface area contributed by atoms with Gasteiger partial charge in [-0.1, -0.05) is 6.92 Å². The first kappa shape index (κ1) is 14.0. The molecule has 6 nitrogen and oxygen atoms in total. The molecule has 1 fully saturated rings. The number of rotatable bonds is 3. The third-order valence-corrected chi connectivity index (χ3v) is 4.03. The Hall–Kier alpha value is -1.92. The molecule has 0 saturated carbocycles. The number of hydrogen-bond donors (Lipinski definition) is 2. The van der Waals surface area contributed by atoms with Crippen LogP contribution in [0.2, 0.25) is 0 Å². The van der Waals surface area contributed by atoms with Crippen molar-refractivity contribution in [3.63, 3.8) is 0 Å². The molecule has 1 aromatic carbocycles. The van der Waals surface area contributed by atoms with Crippen LogP contribution in [0, 0.1) is 5.41 Å². The van der Waals surface area contributed by atoms with E-state index in [-0.39, 0.29) is 11.9 Å². The van der Waals surface area contributed by atoms with Gasteiger partial charge in [0.2, 0.25) is 5.91 Å². The number of ether oxygens (including phenoxy) is 1. The number of oxazole rings is 1. The quantitative estimate of drug-likeness (QED) is 0.897. The summed E-state index contributed by atoms with van der Waals surface area (Å²) in [5, 5.41) is 2.89. The van der Waals surface area contributed by atoms with E-state index in [1.165, 1.54) is 0 Å². The topological polar surface area (TPSA) is 90.4 Å². The predicted molar refractivity (Wildman–Crippen MR) is 78.9 cm³/mol. The van der Waals surface area contributed by atoms with Crippen LogP contribution >= 0.6 is 0 Å². The number of nitrogens with one attached hydrogen (secondary N) is 1. The maximum absolute atomic E-state index is 12.4. The van der Waals surface area contributed by atoms with Gasteiger partial charge in [-0.05, 0) is 25.1 Å². The van der Waals surface area contributed by atoms with Crippen LogP contribution in [0.15, 0.2) is 22.6 Å². The van der Waals surface area contributed by atoms with Crippen molar-refractivity contribution in [3.05, 3.63) is 24.1 Å². The van der Waals surface area contributed by atoms with Crippen molar-refractivity contribution in [1.29, 1.82) is 0 Å². The predicted octanol–water partition coefficient (Wildman–Crippen LogP) is 1.69. The van der Waals surface area contributed by atoms with E-state index in [2.05, 4.69) is 10.3 Å². The Balaban J connectivity index is 1.82. The Morgan fingerprint density at radius 3 is 3.05 bits per heavy atom. The van der Waals surface area contributed by atoms with Gasteiger partial charge in [0, 0.05) is 18.2 Å². The van der Waals surface area contributed by atoms with E-state index >= 15 is 0 Å². The standard InChI is InChI=1S/C15H19N3O3/c1-3-13-18-10-6-9(4-5-11(10)21-13)17-14(19)15(2)8-20-7-12(15)16/h4-6,12H,3,7-8,16H2,1-2H3,(H,17,19). The second-order valence-corrected chi connectivity index (χ2v) is 5.64. The van der Waals surface area contributed by atoms with Gasteiger partial charge in [0.15, 0.2) is 11.5 Å². The van der Waals surface area contributed by atoms with Crippen molar-refractivity contribution in [3.8, 4) is 0 Å². The Morgan fingerprint density at radius 1 is 1.57 bits per heavy atom. The third kappa shape index (κ3) is 2.41. The van der Waals surface area contributed by atoms with Crippen molar-refractivity contribution < 1.29 is 13.9 Å². The smallest absolute Gasteiger partial charge is 0.234 e. The van der Waals surface area contributed by atoms with Crippen LogP contribution in [0.5, 0.6) is 0 Å². The minimum absolute atomic E-state index is 0.133. The monoisotopic (exact) mass is 289 g/mol. The summed E-state index contributed by atoms with van der Waals surface area (Å²) in [6.45, 7) is 4.55. The van der Waals surface area contributed by atoms with Gasteiger partial charge in [0.25, 0.3) is 0 Å². The Bertz CT molecular complexity index is 682. The lowest BCUT2D eigenvalue weighted by molar-refractivity contribution is -0.125. The summed E-state index contributed by atoms with van der Waals surface area (Å²) < 4.78 is 10.9. The van der Waals surface area contributed by atoms with E-state index in [9.17, 15) is 4.79 Å². The molecule has 6 heteroatoms. The molecular formula is C15H19N3O3. The van der Waals surface area contributed by atoms with Crippen LogP contribution in [0.3, 0.4) is 0 Å². The molecule has 2 unspecified atom stereocenters. The maximum Gasteiger partial charge on any atom is 0.234 e. The van der Waals surface area contributed by atoms with Crippen LogP contribution in [-0.2, 0) is 16.0 Å². The molecule has 3 N–H and O–H groups in total. The lowest BCUT2D eigenvalue weighted by Gasteiger charge is -2.25. The highest BCUT2D eigenvalue weighted by Gasteiger charge is 2.44. The third-order valence-electron chi connectivity index (χ3n) is 4.03. The Kier molecular flexibility index (Phi) is 3.43. The van der Waals surface area contributed by atoms with Crippen molar-refractivity contribution in [2.24, 2.45) is 11.1 Å². The van der Waals surface area contributed by atoms with Crippen LogP contribution in [0.25, 0.3) is 11.1 Å². The van der Waals surface area contributed by atoms with Crippen LogP contribution in [0.1, 0.15) is 19.7 Å². The molecule has 0 bridgehead atoms. The summed E-state index contributed by atoms with van der Waals surface area (Å²) in [7, 11) is 0. The van der Waals surface area contributed by atoms with Gasteiger partial charge in [-0.15, -0.1) is 0 Å². The lowest BCUT2D eigenvalue weighted by Crippen LogP contribution is -2.47. The molecule has 1 saturated heterocycles. The molecular weight excluding hydrogens is 270 g/mol. The number of aromatic nitrogens is 1. The highest BCUT2D eigenvalue weighted by atomic mass is 16.5. The molecule has 1 aliphatic rings. The molecule has 1 amide bonds. The van der Waals surface area contributed by atoms with Crippen LogP contribution in [-0.4, -0.2) is 30.1 Å². The largest absolute Gasteiger partial charge is 0.441 e. The van der Waals surface area contributed by atoms with E-state index in [0.29, 0.717) is 24.8 Å². The van der Waals surface area contributed by atoms with Gasteiger partial charge < -0.3 is 20.2 Å². The highest BCUT2D eigenvalue weighted by molar-refractivity contribution is 5.97. The fourth-order valence-electron chi connectivity index (χ4n) is 2.40. The summed E-state index contributed by atoms with van der Waals surface area (Å²) in [5.74, 6) is 0.553. The van der Waals surface area contributed by atoms with Gasteiger partial charge in [0.05, 0.1) is 18.6 Å². The first-order valence-corrected chi connectivity index (χ1v) is 7.07. The summed E-state index contributed by atoms with van der Waals surface area (Å²) in [6.07, 6.45) is 0.737. The molecule has 2 heterocycles. The molecule has 21 heavy (non-hydrogen) atoms. The SMILES string of the molecule is CCc1nc2cc(NC(=O)C3(C)COCC3N)ccc2o1. The molecule has 112 valence electrons. The second kappa shape index (κ2) is 5.13. The van der Waals surface area contributed by atoms with Crippen molar-refractivity contribution in [2.75, 3.05) is 18.5 Å². The molecule has 0 spiro atoms. The molecule has 0 aliphatic carbocycles. The van der Waals surface area contributed by atoms with Crippen LogP contribution in [0.4, 0.5) is 5.69 Å². The van der Waals surface area contributed by atoms with Crippen molar-refractivity contribution in [1.82, 2.24) is 4.98 Å². The number of nitrogens with zero attached hydrogens (tertiary/aromatic N) is 1. The maximum atomic E-state index is 12.4. The zero-order valence-corrected chi connectivity index (χ0v) is 12.2. The molecule has 2 atom stereocenters. The number of nitrogens with two attached hydrogens (primary N) is 1. The van der Waals surface area contributed by atoms with Crippen LogP contribution < -0.4 is 11.1 Å². The van der Waals surface area contributed by atoms with E-state index < -0.39 is 5.41 Å². The van der Waals surface area contributed by atoms with Gasteiger partial charge >= 0.3 is 0 Å². The molecule has 3 rings (SSSR count).